The molecule has 0 saturated carbocycles. The maximum Gasteiger partial charge on any atom is 0.0645 e. The molecule has 1 aromatic heterocycles. The summed E-state index contributed by atoms with van der Waals surface area (Å²) in [6.45, 7) is 0. The minimum absolute atomic E-state index is 0.175. The summed E-state index contributed by atoms with van der Waals surface area (Å²) in [5.41, 5.74) is -5.53. The van der Waals surface area contributed by atoms with Crippen molar-refractivity contribution < 1.29 is 38.4 Å². The lowest BCUT2D eigenvalue weighted by Crippen LogP contribution is -2.10. The Morgan fingerprint density at radius 3 is 1.76 bits per heavy atom. The second kappa shape index (κ2) is 11.0. The van der Waals surface area contributed by atoms with Crippen LogP contribution in [-0.2, 0) is 0 Å². The summed E-state index contributed by atoms with van der Waals surface area (Å²) in [6, 6.07) is -24.1. The monoisotopic (exact) mass is 631 g/mol. The third kappa shape index (κ3) is 4.46. The maximum atomic E-state index is 9.71. The molecule has 0 unspecified atom stereocenters. The first-order valence-corrected chi connectivity index (χ1v) is 14.2. The second-order valence-corrected chi connectivity index (χ2v) is 10.6. The lowest BCUT2D eigenvalue weighted by atomic mass is 9.93. The zero-order chi connectivity index (χ0) is 54.8. The molecular formula is C44H29NS. The summed E-state index contributed by atoms with van der Waals surface area (Å²) in [6.07, 6.45) is 0. The van der Waals surface area contributed by atoms with Crippen molar-refractivity contribution in [1.82, 2.24) is 0 Å². The highest BCUT2D eigenvalue weighted by molar-refractivity contribution is 7.26. The van der Waals surface area contributed by atoms with Crippen LogP contribution in [0.25, 0.3) is 64.0 Å². The van der Waals surface area contributed by atoms with Crippen molar-refractivity contribution in [1.29, 1.82) is 0 Å². The number of thiophene rings is 1. The molecule has 0 N–H and O–H groups in total. The van der Waals surface area contributed by atoms with E-state index in [-0.39, 0.29) is 20.2 Å². The predicted molar refractivity (Wildman–Crippen MR) is 200 cm³/mol. The molecule has 0 saturated heterocycles. The van der Waals surface area contributed by atoms with Crippen LogP contribution in [0.3, 0.4) is 0 Å². The fourth-order valence-corrected chi connectivity index (χ4v) is 6.07. The highest BCUT2D eigenvalue weighted by Gasteiger charge is 2.18. The molecule has 0 radical (unpaired) electrons. The Labute approximate surface area is 311 Å². The van der Waals surface area contributed by atoms with Crippen LogP contribution in [0, 0.1) is 0 Å². The molecule has 9 rings (SSSR count). The zero-order valence-electron chi connectivity index (χ0n) is 50.9. The van der Waals surface area contributed by atoms with Gasteiger partial charge in [0, 0.05) is 26.8 Å². The molecule has 0 spiro atoms. The van der Waals surface area contributed by atoms with Gasteiger partial charge in [-0.2, -0.15) is 0 Å². The van der Waals surface area contributed by atoms with Gasteiger partial charge in [0.15, 0.2) is 0 Å². The Kier molecular flexibility index (Phi) is 2.56. The van der Waals surface area contributed by atoms with Crippen LogP contribution in [0.15, 0.2) is 175 Å². The van der Waals surface area contributed by atoms with Gasteiger partial charge in [-0.1, -0.05) is 133 Å². The topological polar surface area (TPSA) is 3.24 Å². The van der Waals surface area contributed by atoms with E-state index in [1.165, 1.54) is 0 Å². The summed E-state index contributed by atoms with van der Waals surface area (Å²) in [5.74, 6) is 0. The van der Waals surface area contributed by atoms with E-state index < -0.39 is 230 Å². The van der Waals surface area contributed by atoms with E-state index >= 15 is 0 Å². The van der Waals surface area contributed by atoms with Gasteiger partial charge in [-0.05, 0) is 86.1 Å². The molecule has 0 aliphatic heterocycles. The predicted octanol–water partition coefficient (Wildman–Crippen LogP) is 13.2. The SMILES string of the molecule is [2H]c1cc(N(c2c([2H])c([2H])c(-c3c([2H])c([2H])c([2H])c([2H])c3[2H])c([2H])c2[2H])c2c([2H])c([2H])c(-c3c([2H])c4c([2H])c([2H])c([2H])c([2H])c4c4c([2H])c([2H])c([2H])c([2H])c34)c([2H])c2[2H])c2sc3c([2H])c([2H])c([2H])c([2H])c3c2c1[2H]. The lowest BCUT2D eigenvalue weighted by molar-refractivity contribution is 1.30. The van der Waals surface area contributed by atoms with Crippen LogP contribution in [0.4, 0.5) is 17.1 Å². The largest absolute Gasteiger partial charge is 0.309 e. The first-order valence-electron chi connectivity index (χ1n) is 27.4. The summed E-state index contributed by atoms with van der Waals surface area (Å²) in [5, 5.41) is -2.91. The van der Waals surface area contributed by atoms with E-state index in [1.54, 1.807) is 0 Å². The van der Waals surface area contributed by atoms with Crippen molar-refractivity contribution in [2.45, 2.75) is 0 Å². The molecule has 9 aromatic rings. The van der Waals surface area contributed by atoms with E-state index in [0.29, 0.717) is 16.2 Å². The van der Waals surface area contributed by atoms with Crippen LogP contribution >= 0.6 is 11.3 Å². The number of hydrogen-bond acceptors (Lipinski definition) is 2. The standard InChI is InChI=1S/C44H29NS/c1-2-11-30(12-3-1)31-21-25-34(26-22-31)45(42-19-10-18-40-39-17-8-9-20-43(39)46-44(40)42)35-27-23-32(24-28-35)41-29-33-13-4-5-14-36(33)37-15-6-7-16-38(37)41/h1-29H/i1D,2D,3D,4D,5D,6D,7D,8D,9D,10D,11D,12D,13D,14D,15D,16D,17D,18D,20D,21D,22D,23D,24D,25D,26D,27D,28D,29D. The molecule has 0 bridgehead atoms. The van der Waals surface area contributed by atoms with Crippen LogP contribution in [0.5, 0.6) is 0 Å². The molecule has 216 valence electrons. The third-order valence-electron chi connectivity index (χ3n) is 7.01. The quantitative estimate of drug-likeness (QED) is 0.171. The van der Waals surface area contributed by atoms with Gasteiger partial charge in [0.05, 0.1) is 48.8 Å². The molecule has 2 heteroatoms. The molecular weight excluding hydrogens is 575 g/mol. The van der Waals surface area contributed by atoms with Crippen molar-refractivity contribution in [3.8, 4) is 22.3 Å². The number of fused-ring (bicyclic) bond motifs is 6. The fraction of sp³-hybridized carbons (Fsp3) is 0. The average molecular weight is 632 g/mol. The van der Waals surface area contributed by atoms with Crippen molar-refractivity contribution in [2.75, 3.05) is 4.90 Å². The highest BCUT2D eigenvalue weighted by Crippen LogP contribution is 2.45. The van der Waals surface area contributed by atoms with E-state index in [4.69, 9.17) is 26.0 Å². The first kappa shape index (κ1) is 10.7. The molecule has 0 atom stereocenters. The van der Waals surface area contributed by atoms with Crippen molar-refractivity contribution in [3.05, 3.63) is 175 Å². The molecule has 0 aliphatic rings. The van der Waals surface area contributed by atoms with Crippen LogP contribution in [0.2, 0.25) is 0 Å². The van der Waals surface area contributed by atoms with Gasteiger partial charge in [0.25, 0.3) is 0 Å². The number of nitrogens with zero attached hydrogens (tertiary/aromatic N) is 1. The van der Waals surface area contributed by atoms with Crippen molar-refractivity contribution in [3.63, 3.8) is 0 Å². The van der Waals surface area contributed by atoms with Crippen molar-refractivity contribution in [2.24, 2.45) is 0 Å². The fourth-order valence-electron chi connectivity index (χ4n) is 5.00. The first-order chi connectivity index (χ1) is 34.5. The Morgan fingerprint density at radius 1 is 0.435 bits per heavy atom. The minimum Gasteiger partial charge on any atom is -0.309 e. The summed E-state index contributed by atoms with van der Waals surface area (Å²) in [7, 11) is 0. The number of hydrogen-bond donors (Lipinski definition) is 0. The number of anilines is 3. The maximum absolute atomic E-state index is 9.71. The molecule has 0 aliphatic carbocycles. The summed E-state index contributed by atoms with van der Waals surface area (Å²) in [4.78, 5) is 0.658. The Balaban J connectivity index is 1.50. The average Bonchev–Trinajstić information content (AvgIpc) is 3.78. The van der Waals surface area contributed by atoms with Gasteiger partial charge >= 0.3 is 0 Å². The highest BCUT2D eigenvalue weighted by atomic mass is 32.1. The Hall–Kier alpha value is -5.70. The van der Waals surface area contributed by atoms with E-state index in [0.717, 1.165) is 6.07 Å². The number of benzene rings is 8. The molecule has 0 amide bonds. The number of rotatable bonds is 5. The molecule has 1 heterocycles. The van der Waals surface area contributed by atoms with Crippen LogP contribution < -0.4 is 4.90 Å². The van der Waals surface area contributed by atoms with E-state index in [2.05, 4.69) is 0 Å². The summed E-state index contributed by atoms with van der Waals surface area (Å²) >= 11 is 0.600. The van der Waals surface area contributed by atoms with Crippen molar-refractivity contribution >= 4 is 70.1 Å². The Bertz CT molecular complexity index is 4040. The third-order valence-corrected chi connectivity index (χ3v) is 8.14. The smallest absolute Gasteiger partial charge is 0.0645 e. The van der Waals surface area contributed by atoms with E-state index in [1.807, 2.05) is 0 Å². The Morgan fingerprint density at radius 2 is 1.00 bits per heavy atom. The van der Waals surface area contributed by atoms with Gasteiger partial charge in [-0.15, -0.1) is 11.3 Å². The van der Waals surface area contributed by atoms with Gasteiger partial charge < -0.3 is 4.90 Å². The molecule has 46 heavy (non-hydrogen) atoms. The molecule has 0 fully saturated rings. The second-order valence-electron chi connectivity index (χ2n) is 9.59. The zero-order valence-corrected chi connectivity index (χ0v) is 23.7. The molecule has 1 nitrogen and oxygen atoms in total. The lowest BCUT2D eigenvalue weighted by Gasteiger charge is -2.26. The van der Waals surface area contributed by atoms with Gasteiger partial charge in [-0.3, -0.25) is 0 Å². The van der Waals surface area contributed by atoms with Crippen LogP contribution in [-0.4, -0.2) is 0 Å². The summed E-state index contributed by atoms with van der Waals surface area (Å²) < 4.78 is 249. The normalized spacial score (nSPS) is 20.0. The van der Waals surface area contributed by atoms with Gasteiger partial charge in [0.1, 0.15) is 0 Å². The van der Waals surface area contributed by atoms with Gasteiger partial charge in [-0.25, -0.2) is 0 Å². The van der Waals surface area contributed by atoms with E-state index in [9.17, 15) is 12.3 Å². The minimum atomic E-state index is -1.14. The molecule has 8 aromatic carbocycles. The van der Waals surface area contributed by atoms with Crippen LogP contribution in [0.1, 0.15) is 38.4 Å². The van der Waals surface area contributed by atoms with Gasteiger partial charge in [0.2, 0.25) is 0 Å².